The third kappa shape index (κ3) is 7.20. The number of aliphatic imine (C=N–C) groups is 1. The number of aliphatic hydroxyl groups is 1. The van der Waals surface area contributed by atoms with Crippen LogP contribution in [0.5, 0.6) is 11.5 Å². The number of nitrogens with zero attached hydrogens (tertiary/aromatic N) is 2. The highest BCUT2D eigenvalue weighted by molar-refractivity contribution is 6.07. The van der Waals surface area contributed by atoms with Gasteiger partial charge in [-0.15, -0.1) is 0 Å². The van der Waals surface area contributed by atoms with Gasteiger partial charge in [-0.3, -0.25) is 9.79 Å². The van der Waals surface area contributed by atoms with Gasteiger partial charge in [-0.25, -0.2) is 0 Å². The van der Waals surface area contributed by atoms with E-state index in [-0.39, 0.29) is 18.0 Å². The Kier molecular flexibility index (Phi) is 8.80. The Morgan fingerprint density at radius 3 is 2.88 bits per heavy atom. The minimum atomic E-state index is -0.536. The first-order valence-electron chi connectivity index (χ1n) is 12.9. The molecule has 3 aliphatic rings. The number of carbonyl (C=O) groups is 1. The van der Waals surface area contributed by atoms with Gasteiger partial charge in [-0.2, -0.15) is 0 Å². The van der Waals surface area contributed by atoms with Crippen molar-refractivity contribution in [1.82, 2.24) is 4.90 Å². The highest BCUT2D eigenvalue weighted by atomic mass is 16.5. The fourth-order valence-corrected chi connectivity index (χ4v) is 5.17. The second kappa shape index (κ2) is 12.2. The summed E-state index contributed by atoms with van der Waals surface area (Å²) in [4.78, 5) is 18.7. The molecule has 1 aliphatic carbocycles. The van der Waals surface area contributed by atoms with Crippen molar-refractivity contribution in [3.63, 3.8) is 0 Å². The lowest BCUT2D eigenvalue weighted by molar-refractivity contribution is -0.121. The molecule has 1 aromatic carbocycles. The molecule has 0 radical (unpaired) electrons. The van der Waals surface area contributed by atoms with Crippen molar-refractivity contribution >= 4 is 11.5 Å². The highest BCUT2D eigenvalue weighted by Crippen LogP contribution is 2.29. The van der Waals surface area contributed by atoms with E-state index >= 15 is 0 Å². The zero-order valence-corrected chi connectivity index (χ0v) is 20.1. The van der Waals surface area contributed by atoms with Gasteiger partial charge in [-0.05, 0) is 42.5 Å². The summed E-state index contributed by atoms with van der Waals surface area (Å²) in [6, 6.07) is 5.23. The average molecular weight is 467 g/mol. The van der Waals surface area contributed by atoms with Crippen LogP contribution in [0.15, 0.2) is 47.2 Å². The number of aryl methyl sites for hydroxylation is 1. The standard InChI is InChI=1S/C28H38N2O4/c31-24(9-5-4-8-21-6-2-1-3-7-21)17-25(32)12-10-22-11-13-27(33)28(16-22)34-20-30-18-23-14-15-29-26(23)19-30/h11,13-16,18,21,24,31,33H,1-10,12,17,19-20H2. The Morgan fingerprint density at radius 1 is 1.21 bits per heavy atom. The summed E-state index contributed by atoms with van der Waals surface area (Å²) in [7, 11) is 0. The predicted molar refractivity (Wildman–Crippen MR) is 134 cm³/mol. The number of unbranched alkanes of at least 4 members (excludes halogenated alkanes) is 1. The molecule has 6 nitrogen and oxygen atoms in total. The highest BCUT2D eigenvalue weighted by Gasteiger charge is 2.20. The number of Topliss-reactive ketones (excluding diaryl/α,β-unsaturated/α-hetero) is 1. The molecule has 0 aromatic heterocycles. The van der Waals surface area contributed by atoms with E-state index < -0.39 is 6.10 Å². The second-order valence-electron chi connectivity index (χ2n) is 9.98. The summed E-state index contributed by atoms with van der Waals surface area (Å²) in [6.07, 6.45) is 17.4. The fourth-order valence-electron chi connectivity index (χ4n) is 5.17. The third-order valence-corrected chi connectivity index (χ3v) is 7.18. The second-order valence-corrected chi connectivity index (χ2v) is 9.98. The molecule has 1 saturated carbocycles. The van der Waals surface area contributed by atoms with E-state index in [1.54, 1.807) is 18.3 Å². The molecule has 0 amide bonds. The van der Waals surface area contributed by atoms with Gasteiger partial charge in [0.25, 0.3) is 0 Å². The molecule has 2 heterocycles. The number of carbonyl (C=O) groups excluding carboxylic acids is 1. The van der Waals surface area contributed by atoms with Crippen LogP contribution in [0.3, 0.4) is 0 Å². The van der Waals surface area contributed by atoms with Crippen molar-refractivity contribution in [2.75, 3.05) is 13.3 Å². The van der Waals surface area contributed by atoms with E-state index in [2.05, 4.69) is 4.99 Å². The minimum absolute atomic E-state index is 0.0828. The lowest BCUT2D eigenvalue weighted by atomic mass is 9.85. The molecule has 34 heavy (non-hydrogen) atoms. The van der Waals surface area contributed by atoms with Crippen molar-refractivity contribution in [2.24, 2.45) is 10.9 Å². The van der Waals surface area contributed by atoms with Crippen LogP contribution < -0.4 is 4.74 Å². The fraction of sp³-hybridized carbons (Fsp3) is 0.571. The number of hydrogen-bond donors (Lipinski definition) is 2. The lowest BCUT2D eigenvalue weighted by Crippen LogP contribution is -2.23. The third-order valence-electron chi connectivity index (χ3n) is 7.18. The SMILES string of the molecule is O=C(CCc1ccc(O)c(OCN2C=C3C=CN=C3C2)c1)CC(O)CCCCC1CCCCC1. The number of fused-ring (bicyclic) bond motifs is 1. The minimum Gasteiger partial charge on any atom is -0.504 e. The quantitative estimate of drug-likeness (QED) is 0.386. The predicted octanol–water partition coefficient (Wildman–Crippen LogP) is 5.29. The number of aliphatic hydroxyl groups excluding tert-OH is 1. The number of ketones is 1. The first-order chi connectivity index (χ1) is 16.6. The number of phenolic OH excluding ortho intramolecular Hbond substituents is 1. The topological polar surface area (TPSA) is 82.4 Å². The van der Waals surface area contributed by atoms with Gasteiger partial charge in [0.05, 0.1) is 18.4 Å². The summed E-state index contributed by atoms with van der Waals surface area (Å²) in [5.41, 5.74) is 3.07. The first kappa shape index (κ1) is 24.5. The maximum atomic E-state index is 12.4. The number of hydrogen-bond acceptors (Lipinski definition) is 6. The van der Waals surface area contributed by atoms with Crippen LogP contribution in [0.25, 0.3) is 0 Å². The molecular formula is C28H38N2O4. The Labute approximate surface area is 203 Å². The maximum absolute atomic E-state index is 12.4. The molecule has 1 unspecified atom stereocenters. The van der Waals surface area contributed by atoms with Crippen LogP contribution in [-0.4, -0.2) is 46.0 Å². The molecule has 1 fully saturated rings. The van der Waals surface area contributed by atoms with Gasteiger partial charge in [0.2, 0.25) is 0 Å². The van der Waals surface area contributed by atoms with Crippen LogP contribution in [0.1, 0.15) is 76.2 Å². The monoisotopic (exact) mass is 466 g/mol. The normalized spacial score (nSPS) is 18.6. The largest absolute Gasteiger partial charge is 0.504 e. The molecule has 2 aliphatic heterocycles. The summed E-state index contributed by atoms with van der Waals surface area (Å²) in [5, 5.41) is 20.4. The Hall–Kier alpha value is -2.60. The van der Waals surface area contributed by atoms with Crippen molar-refractivity contribution in [3.8, 4) is 11.5 Å². The molecule has 1 aromatic rings. The molecular weight excluding hydrogens is 428 g/mol. The van der Waals surface area contributed by atoms with Gasteiger partial charge in [0.1, 0.15) is 5.78 Å². The van der Waals surface area contributed by atoms with Crippen molar-refractivity contribution in [3.05, 3.63) is 47.8 Å². The van der Waals surface area contributed by atoms with Crippen LogP contribution >= 0.6 is 0 Å². The Balaban J connectivity index is 1.14. The van der Waals surface area contributed by atoms with Crippen LogP contribution in [0, 0.1) is 5.92 Å². The zero-order valence-electron chi connectivity index (χ0n) is 20.1. The molecule has 2 N–H and O–H groups in total. The number of phenols is 1. The number of ether oxygens (including phenoxy) is 1. The van der Waals surface area contributed by atoms with Gasteiger partial charge in [0.15, 0.2) is 18.2 Å². The molecule has 184 valence electrons. The van der Waals surface area contributed by atoms with Gasteiger partial charge < -0.3 is 19.8 Å². The molecule has 4 rings (SSSR count). The Bertz CT molecular complexity index is 930. The van der Waals surface area contributed by atoms with E-state index in [0.29, 0.717) is 38.3 Å². The van der Waals surface area contributed by atoms with Crippen LogP contribution in [-0.2, 0) is 11.2 Å². The van der Waals surface area contributed by atoms with Gasteiger partial charge >= 0.3 is 0 Å². The number of allylic oxidation sites excluding steroid dienone is 1. The van der Waals surface area contributed by atoms with Crippen molar-refractivity contribution in [1.29, 1.82) is 0 Å². The molecule has 0 spiro atoms. The van der Waals surface area contributed by atoms with Crippen molar-refractivity contribution in [2.45, 2.75) is 83.2 Å². The zero-order chi connectivity index (χ0) is 23.8. The molecule has 0 saturated heterocycles. The molecule has 1 atom stereocenters. The molecule has 0 bridgehead atoms. The van der Waals surface area contributed by atoms with E-state index in [9.17, 15) is 15.0 Å². The lowest BCUT2D eigenvalue weighted by Gasteiger charge is -2.21. The maximum Gasteiger partial charge on any atom is 0.163 e. The van der Waals surface area contributed by atoms with E-state index in [1.807, 2.05) is 23.2 Å². The summed E-state index contributed by atoms with van der Waals surface area (Å²) in [5.74, 6) is 1.46. The van der Waals surface area contributed by atoms with Gasteiger partial charge in [0, 0.05) is 30.8 Å². The molecule has 6 heteroatoms. The van der Waals surface area contributed by atoms with E-state index in [0.717, 1.165) is 35.6 Å². The van der Waals surface area contributed by atoms with Crippen molar-refractivity contribution < 1.29 is 19.7 Å². The van der Waals surface area contributed by atoms with E-state index in [4.69, 9.17) is 4.74 Å². The number of aromatic hydroxyl groups is 1. The average Bonchev–Trinajstić information content (AvgIpc) is 3.43. The smallest absolute Gasteiger partial charge is 0.163 e. The Morgan fingerprint density at radius 2 is 2.06 bits per heavy atom. The number of benzene rings is 1. The number of rotatable bonds is 13. The first-order valence-corrected chi connectivity index (χ1v) is 12.9. The van der Waals surface area contributed by atoms with Gasteiger partial charge in [-0.1, -0.05) is 57.4 Å². The summed E-state index contributed by atoms with van der Waals surface area (Å²) >= 11 is 0. The van der Waals surface area contributed by atoms with E-state index in [1.165, 1.54) is 38.5 Å². The summed E-state index contributed by atoms with van der Waals surface area (Å²) < 4.78 is 5.82. The van der Waals surface area contributed by atoms with Crippen LogP contribution in [0.4, 0.5) is 0 Å². The van der Waals surface area contributed by atoms with Crippen LogP contribution in [0.2, 0.25) is 0 Å². The summed E-state index contributed by atoms with van der Waals surface area (Å²) in [6.45, 7) is 1.01.